The zero-order chi connectivity index (χ0) is 13.8. The molecule has 6 heteroatoms. The number of hydrogen-bond donors (Lipinski definition) is 2. The molecular formula is C14H16N4OS. The van der Waals surface area contributed by atoms with E-state index in [2.05, 4.69) is 20.0 Å². The maximum atomic E-state index is 11.9. The highest BCUT2D eigenvalue weighted by Crippen LogP contribution is 2.15. The van der Waals surface area contributed by atoms with E-state index in [-0.39, 0.29) is 11.9 Å². The van der Waals surface area contributed by atoms with Crippen molar-refractivity contribution in [1.29, 1.82) is 0 Å². The van der Waals surface area contributed by atoms with Gasteiger partial charge in [-0.25, -0.2) is 4.98 Å². The fourth-order valence-corrected chi connectivity index (χ4v) is 2.85. The highest BCUT2D eigenvalue weighted by Gasteiger charge is 2.22. The molecule has 1 fully saturated rings. The maximum absolute atomic E-state index is 11.9. The molecular weight excluding hydrogens is 272 g/mol. The van der Waals surface area contributed by atoms with Crippen molar-refractivity contribution < 1.29 is 4.79 Å². The zero-order valence-corrected chi connectivity index (χ0v) is 11.8. The molecule has 1 amide bonds. The van der Waals surface area contributed by atoms with E-state index in [0.29, 0.717) is 11.6 Å². The standard InChI is InChI=1S/C14H16N4OS/c19-13(11-7-4-8-15-11)17-14-16-12(18-20-14)9-10-5-2-1-3-6-10/h1-3,5-6,11,15H,4,7-9H2,(H,16,17,18,19). The van der Waals surface area contributed by atoms with Crippen LogP contribution in [-0.2, 0) is 11.2 Å². The minimum atomic E-state index is -0.0866. The Labute approximate surface area is 121 Å². The molecule has 104 valence electrons. The Bertz CT molecular complexity index is 578. The number of amides is 1. The van der Waals surface area contributed by atoms with Crippen LogP contribution in [-0.4, -0.2) is 27.9 Å². The van der Waals surface area contributed by atoms with Crippen molar-refractivity contribution in [3.8, 4) is 0 Å². The zero-order valence-electron chi connectivity index (χ0n) is 11.0. The van der Waals surface area contributed by atoms with Gasteiger partial charge in [0.25, 0.3) is 0 Å². The van der Waals surface area contributed by atoms with E-state index in [1.54, 1.807) is 0 Å². The van der Waals surface area contributed by atoms with E-state index in [0.717, 1.165) is 25.2 Å². The molecule has 1 aromatic carbocycles. The van der Waals surface area contributed by atoms with Crippen LogP contribution >= 0.6 is 11.5 Å². The van der Waals surface area contributed by atoms with Gasteiger partial charge in [0.15, 0.2) is 0 Å². The van der Waals surface area contributed by atoms with Crippen molar-refractivity contribution in [3.63, 3.8) is 0 Å². The van der Waals surface area contributed by atoms with E-state index in [9.17, 15) is 4.79 Å². The molecule has 0 spiro atoms. The Morgan fingerprint density at radius 1 is 1.40 bits per heavy atom. The van der Waals surface area contributed by atoms with Crippen LogP contribution in [0.1, 0.15) is 24.2 Å². The second-order valence-corrected chi connectivity index (χ2v) is 5.57. The Hall–Kier alpha value is -1.79. The molecule has 0 bridgehead atoms. The molecule has 5 nitrogen and oxygen atoms in total. The lowest BCUT2D eigenvalue weighted by Crippen LogP contribution is -2.35. The molecule has 2 N–H and O–H groups in total. The molecule has 0 radical (unpaired) electrons. The summed E-state index contributed by atoms with van der Waals surface area (Å²) in [6.45, 7) is 0.910. The van der Waals surface area contributed by atoms with Crippen molar-refractivity contribution in [3.05, 3.63) is 41.7 Å². The largest absolute Gasteiger partial charge is 0.306 e. The predicted molar refractivity (Wildman–Crippen MR) is 78.8 cm³/mol. The first kappa shape index (κ1) is 13.2. The molecule has 3 rings (SSSR count). The summed E-state index contributed by atoms with van der Waals surface area (Å²) in [6, 6.07) is 9.98. The molecule has 2 aromatic rings. The highest BCUT2D eigenvalue weighted by molar-refractivity contribution is 7.09. The molecule has 20 heavy (non-hydrogen) atoms. The fraction of sp³-hybridized carbons (Fsp3) is 0.357. The Kier molecular flexibility index (Phi) is 4.03. The average molecular weight is 288 g/mol. The first-order valence-electron chi connectivity index (χ1n) is 6.72. The van der Waals surface area contributed by atoms with Gasteiger partial charge < -0.3 is 5.32 Å². The molecule has 1 atom stereocenters. The summed E-state index contributed by atoms with van der Waals surface area (Å²) < 4.78 is 4.29. The van der Waals surface area contributed by atoms with Gasteiger partial charge in [0.05, 0.1) is 6.04 Å². The number of carbonyl (C=O) groups excluding carboxylic acids is 1. The van der Waals surface area contributed by atoms with Gasteiger partial charge in [-0.3, -0.25) is 10.1 Å². The number of nitrogens with one attached hydrogen (secondary N) is 2. The Balaban J connectivity index is 1.60. The summed E-state index contributed by atoms with van der Waals surface area (Å²) in [6.07, 6.45) is 2.63. The Morgan fingerprint density at radius 2 is 2.25 bits per heavy atom. The SMILES string of the molecule is O=C(Nc1nc(Cc2ccccc2)ns1)C1CCCN1. The molecule has 1 unspecified atom stereocenters. The summed E-state index contributed by atoms with van der Waals surface area (Å²) in [5.74, 6) is 0.737. The highest BCUT2D eigenvalue weighted by atomic mass is 32.1. The van der Waals surface area contributed by atoms with Gasteiger partial charge in [-0.2, -0.15) is 4.37 Å². The molecule has 1 aliphatic heterocycles. The van der Waals surface area contributed by atoms with Crippen molar-refractivity contribution in [1.82, 2.24) is 14.7 Å². The normalized spacial score (nSPS) is 18.1. The van der Waals surface area contributed by atoms with Gasteiger partial charge in [-0.1, -0.05) is 30.3 Å². The number of hydrogen-bond acceptors (Lipinski definition) is 5. The molecule has 0 aliphatic carbocycles. The third kappa shape index (κ3) is 3.20. The summed E-state index contributed by atoms with van der Waals surface area (Å²) in [4.78, 5) is 16.3. The van der Waals surface area contributed by atoms with Gasteiger partial charge in [-0.05, 0) is 24.9 Å². The van der Waals surface area contributed by atoms with Crippen LogP contribution in [0.5, 0.6) is 0 Å². The number of aromatic nitrogens is 2. The van der Waals surface area contributed by atoms with Gasteiger partial charge in [0.2, 0.25) is 11.0 Å². The lowest BCUT2D eigenvalue weighted by Gasteiger charge is -2.07. The molecule has 1 saturated heterocycles. The minimum Gasteiger partial charge on any atom is -0.306 e. The number of benzene rings is 1. The summed E-state index contributed by atoms with van der Waals surface area (Å²) in [5, 5.41) is 6.58. The van der Waals surface area contributed by atoms with Crippen LogP contribution in [0.25, 0.3) is 0 Å². The number of anilines is 1. The topological polar surface area (TPSA) is 66.9 Å². The van der Waals surface area contributed by atoms with Crippen molar-refractivity contribution >= 4 is 22.6 Å². The maximum Gasteiger partial charge on any atom is 0.243 e. The van der Waals surface area contributed by atoms with Crippen molar-refractivity contribution in [2.45, 2.75) is 25.3 Å². The molecule has 1 aliphatic rings. The lowest BCUT2D eigenvalue weighted by molar-refractivity contribution is -0.117. The van der Waals surface area contributed by atoms with Crippen LogP contribution in [0.2, 0.25) is 0 Å². The number of rotatable bonds is 4. The molecule has 1 aromatic heterocycles. The Morgan fingerprint density at radius 3 is 3.00 bits per heavy atom. The van der Waals surface area contributed by atoms with E-state index in [1.807, 2.05) is 30.3 Å². The van der Waals surface area contributed by atoms with Crippen molar-refractivity contribution in [2.75, 3.05) is 11.9 Å². The lowest BCUT2D eigenvalue weighted by atomic mass is 10.1. The molecule has 0 saturated carbocycles. The fourth-order valence-electron chi connectivity index (χ4n) is 2.26. The second-order valence-electron chi connectivity index (χ2n) is 4.82. The average Bonchev–Trinajstić information content (AvgIpc) is 3.11. The van der Waals surface area contributed by atoms with Gasteiger partial charge in [-0.15, -0.1) is 0 Å². The summed E-state index contributed by atoms with van der Waals surface area (Å²) in [7, 11) is 0. The monoisotopic (exact) mass is 288 g/mol. The summed E-state index contributed by atoms with van der Waals surface area (Å²) >= 11 is 1.24. The third-order valence-electron chi connectivity index (χ3n) is 3.28. The van der Waals surface area contributed by atoms with Crippen LogP contribution in [0.15, 0.2) is 30.3 Å². The number of carbonyl (C=O) groups is 1. The first-order valence-corrected chi connectivity index (χ1v) is 7.49. The first-order chi connectivity index (χ1) is 9.81. The van der Waals surface area contributed by atoms with E-state index < -0.39 is 0 Å². The van der Waals surface area contributed by atoms with Crippen molar-refractivity contribution in [2.24, 2.45) is 0 Å². The quantitative estimate of drug-likeness (QED) is 0.900. The van der Waals surface area contributed by atoms with Gasteiger partial charge in [0.1, 0.15) is 5.82 Å². The predicted octanol–water partition coefficient (Wildman–Crippen LogP) is 1.82. The number of nitrogens with zero attached hydrogens (tertiary/aromatic N) is 2. The van der Waals surface area contributed by atoms with Gasteiger partial charge >= 0.3 is 0 Å². The smallest absolute Gasteiger partial charge is 0.243 e. The van der Waals surface area contributed by atoms with Crippen LogP contribution < -0.4 is 10.6 Å². The van der Waals surface area contributed by atoms with E-state index in [1.165, 1.54) is 17.1 Å². The van der Waals surface area contributed by atoms with Crippen LogP contribution in [0, 0.1) is 0 Å². The second kappa shape index (κ2) is 6.11. The van der Waals surface area contributed by atoms with Crippen LogP contribution in [0.3, 0.4) is 0 Å². The van der Waals surface area contributed by atoms with E-state index in [4.69, 9.17) is 0 Å². The summed E-state index contributed by atoms with van der Waals surface area (Å²) in [5.41, 5.74) is 1.17. The molecule has 2 heterocycles. The minimum absolute atomic E-state index is 0.00934. The van der Waals surface area contributed by atoms with Gasteiger partial charge in [0, 0.05) is 18.0 Å². The van der Waals surface area contributed by atoms with E-state index >= 15 is 0 Å². The van der Waals surface area contributed by atoms with Crippen LogP contribution in [0.4, 0.5) is 5.13 Å². The third-order valence-corrected chi connectivity index (χ3v) is 3.95.